The first kappa shape index (κ1) is 16.2. The van der Waals surface area contributed by atoms with Crippen LogP contribution in [0.15, 0.2) is 41.8 Å². The van der Waals surface area contributed by atoms with Crippen molar-refractivity contribution in [2.24, 2.45) is 0 Å². The highest BCUT2D eigenvalue weighted by Gasteiger charge is 2.33. The fraction of sp³-hybridized carbons (Fsp3) is 0.235. The van der Waals surface area contributed by atoms with Gasteiger partial charge in [0.2, 0.25) is 0 Å². The minimum atomic E-state index is -0.679. The van der Waals surface area contributed by atoms with E-state index in [1.54, 1.807) is 6.07 Å². The summed E-state index contributed by atoms with van der Waals surface area (Å²) in [7, 11) is 0. The first-order valence-electron chi connectivity index (χ1n) is 7.42. The zero-order chi connectivity index (χ0) is 17.1. The van der Waals surface area contributed by atoms with Crippen LogP contribution in [0.3, 0.4) is 0 Å². The van der Waals surface area contributed by atoms with E-state index in [-0.39, 0.29) is 19.1 Å². The molecule has 1 aliphatic rings. The summed E-state index contributed by atoms with van der Waals surface area (Å²) in [5.41, 5.74) is 1.83. The molecule has 1 saturated heterocycles. The minimum Gasteiger partial charge on any atom is -0.439 e. The molecule has 2 aromatic rings. The molecule has 124 valence electrons. The minimum absolute atomic E-state index is 0.0395. The summed E-state index contributed by atoms with van der Waals surface area (Å²) in [5.74, 6) is -0.635. The van der Waals surface area contributed by atoms with Crippen molar-refractivity contribution in [1.82, 2.24) is 10.2 Å². The van der Waals surface area contributed by atoms with Crippen molar-refractivity contribution < 1.29 is 19.1 Å². The Hall–Kier alpha value is -2.67. The Bertz CT molecular complexity index is 756. The van der Waals surface area contributed by atoms with Crippen LogP contribution in [-0.2, 0) is 9.53 Å². The van der Waals surface area contributed by atoms with Crippen molar-refractivity contribution in [2.45, 2.75) is 13.0 Å². The van der Waals surface area contributed by atoms with E-state index in [4.69, 9.17) is 4.74 Å². The number of hydrogen-bond acceptors (Lipinski definition) is 5. The number of thiophene rings is 1. The fourth-order valence-corrected chi connectivity index (χ4v) is 3.24. The summed E-state index contributed by atoms with van der Waals surface area (Å²) in [6, 6.07) is 10.5. The Morgan fingerprint density at radius 3 is 2.67 bits per heavy atom. The molecule has 1 aromatic heterocycles. The maximum absolute atomic E-state index is 12.5. The smallest absolute Gasteiger partial charge is 0.417 e. The lowest BCUT2D eigenvalue weighted by Gasteiger charge is -2.22. The van der Waals surface area contributed by atoms with Gasteiger partial charge in [-0.1, -0.05) is 30.3 Å². The molecular weight excluding hydrogens is 328 g/mol. The number of benzene rings is 1. The van der Waals surface area contributed by atoms with Crippen molar-refractivity contribution in [3.8, 4) is 0 Å². The second kappa shape index (κ2) is 6.84. The Labute approximate surface area is 143 Å². The number of ether oxygens (including phenoxy) is 1. The van der Waals surface area contributed by atoms with Crippen LogP contribution in [0, 0.1) is 6.92 Å². The number of nitrogens with one attached hydrogen (secondary N) is 1. The molecule has 1 aromatic carbocycles. The third-order valence-corrected chi connectivity index (χ3v) is 4.71. The van der Waals surface area contributed by atoms with Crippen LogP contribution >= 0.6 is 11.3 Å². The van der Waals surface area contributed by atoms with Gasteiger partial charge in [0.15, 0.2) is 6.61 Å². The van der Waals surface area contributed by atoms with Crippen LogP contribution in [-0.4, -0.2) is 36.0 Å². The number of amides is 3. The lowest BCUT2D eigenvalue weighted by atomic mass is 10.1. The molecule has 2 heterocycles. The van der Waals surface area contributed by atoms with Gasteiger partial charge in [-0.2, -0.15) is 0 Å². The third-order valence-electron chi connectivity index (χ3n) is 3.67. The monoisotopic (exact) mass is 344 g/mol. The number of imide groups is 1. The van der Waals surface area contributed by atoms with Crippen molar-refractivity contribution in [3.05, 3.63) is 57.8 Å². The van der Waals surface area contributed by atoms with Gasteiger partial charge >= 0.3 is 6.09 Å². The van der Waals surface area contributed by atoms with Crippen LogP contribution in [0.2, 0.25) is 0 Å². The number of nitrogens with zero attached hydrogens (tertiary/aromatic N) is 1. The van der Waals surface area contributed by atoms with Gasteiger partial charge in [0.25, 0.3) is 11.8 Å². The van der Waals surface area contributed by atoms with Crippen LogP contribution in [0.4, 0.5) is 4.79 Å². The van der Waals surface area contributed by atoms with Gasteiger partial charge < -0.3 is 10.1 Å². The predicted molar refractivity (Wildman–Crippen MR) is 88.8 cm³/mol. The molecule has 1 fully saturated rings. The van der Waals surface area contributed by atoms with E-state index in [1.807, 2.05) is 42.6 Å². The molecular formula is C17H16N2O4S. The Balaban J connectivity index is 1.81. The number of aryl methyl sites for hydroxylation is 1. The fourth-order valence-electron chi connectivity index (χ4n) is 2.44. The SMILES string of the molecule is Cc1csc(C(=O)NC(CN2C(=O)COC2=O)c2ccccc2)c1. The second-order valence-corrected chi connectivity index (χ2v) is 6.40. The first-order valence-corrected chi connectivity index (χ1v) is 8.30. The van der Waals surface area contributed by atoms with Crippen molar-refractivity contribution >= 4 is 29.2 Å². The summed E-state index contributed by atoms with van der Waals surface area (Å²) in [6.07, 6.45) is -0.679. The molecule has 0 spiro atoms. The van der Waals surface area contributed by atoms with E-state index in [0.29, 0.717) is 4.88 Å². The summed E-state index contributed by atoms with van der Waals surface area (Å²) in [5, 5.41) is 4.80. The molecule has 1 atom stereocenters. The molecule has 6 nitrogen and oxygen atoms in total. The Kier molecular flexibility index (Phi) is 4.61. The van der Waals surface area contributed by atoms with Crippen molar-refractivity contribution in [3.63, 3.8) is 0 Å². The maximum Gasteiger partial charge on any atom is 0.417 e. The standard InChI is InChI=1S/C17H16N2O4S/c1-11-7-14(24-10-11)16(21)18-13(12-5-3-2-4-6-12)8-19-15(20)9-23-17(19)22/h2-7,10,13H,8-9H2,1H3,(H,18,21). The summed E-state index contributed by atoms with van der Waals surface area (Å²) < 4.78 is 4.73. The average Bonchev–Trinajstić information content (AvgIpc) is 3.15. The van der Waals surface area contributed by atoms with Gasteiger partial charge in [-0.3, -0.25) is 9.59 Å². The molecule has 0 bridgehead atoms. The topological polar surface area (TPSA) is 75.7 Å². The van der Waals surface area contributed by atoms with Gasteiger partial charge in [0.05, 0.1) is 17.5 Å². The van der Waals surface area contributed by atoms with Gasteiger partial charge in [0, 0.05) is 0 Å². The van der Waals surface area contributed by atoms with Gasteiger partial charge in [-0.25, -0.2) is 9.69 Å². The van der Waals surface area contributed by atoms with E-state index >= 15 is 0 Å². The van der Waals surface area contributed by atoms with Crippen LogP contribution in [0.5, 0.6) is 0 Å². The quantitative estimate of drug-likeness (QED) is 0.904. The number of cyclic esters (lactones) is 1. The second-order valence-electron chi connectivity index (χ2n) is 5.48. The van der Waals surface area contributed by atoms with Crippen molar-refractivity contribution in [1.29, 1.82) is 0 Å². The highest BCUT2D eigenvalue weighted by Crippen LogP contribution is 2.20. The van der Waals surface area contributed by atoms with E-state index < -0.39 is 18.0 Å². The summed E-state index contributed by atoms with van der Waals surface area (Å²) >= 11 is 1.35. The Morgan fingerprint density at radius 2 is 2.08 bits per heavy atom. The van der Waals surface area contributed by atoms with E-state index in [0.717, 1.165) is 16.0 Å². The number of carbonyl (C=O) groups is 3. The normalized spacial score (nSPS) is 15.3. The van der Waals surface area contributed by atoms with E-state index in [1.165, 1.54) is 11.3 Å². The molecule has 1 aliphatic heterocycles. The zero-order valence-corrected chi connectivity index (χ0v) is 13.8. The summed E-state index contributed by atoms with van der Waals surface area (Å²) in [4.78, 5) is 37.5. The van der Waals surface area contributed by atoms with Crippen molar-refractivity contribution in [2.75, 3.05) is 13.2 Å². The number of rotatable bonds is 5. The number of carbonyl (C=O) groups excluding carboxylic acids is 3. The molecule has 0 saturated carbocycles. The molecule has 1 N–H and O–H groups in total. The Morgan fingerprint density at radius 1 is 1.33 bits per heavy atom. The molecule has 1 unspecified atom stereocenters. The van der Waals surface area contributed by atoms with Gasteiger partial charge in [-0.15, -0.1) is 11.3 Å². The number of hydrogen-bond donors (Lipinski definition) is 1. The predicted octanol–water partition coefficient (Wildman–Crippen LogP) is 2.51. The highest BCUT2D eigenvalue weighted by atomic mass is 32.1. The van der Waals surface area contributed by atoms with Crippen LogP contribution in [0.1, 0.15) is 26.8 Å². The average molecular weight is 344 g/mol. The lowest BCUT2D eigenvalue weighted by molar-refractivity contribution is -0.126. The van der Waals surface area contributed by atoms with Crippen LogP contribution in [0.25, 0.3) is 0 Å². The summed E-state index contributed by atoms with van der Waals surface area (Å²) in [6.45, 7) is 1.71. The zero-order valence-electron chi connectivity index (χ0n) is 13.0. The van der Waals surface area contributed by atoms with E-state index in [9.17, 15) is 14.4 Å². The van der Waals surface area contributed by atoms with E-state index in [2.05, 4.69) is 5.32 Å². The molecule has 0 radical (unpaired) electrons. The highest BCUT2D eigenvalue weighted by molar-refractivity contribution is 7.12. The molecule has 7 heteroatoms. The van der Waals surface area contributed by atoms with Crippen LogP contribution < -0.4 is 5.32 Å². The molecule has 3 amide bonds. The largest absolute Gasteiger partial charge is 0.439 e. The maximum atomic E-state index is 12.5. The molecule has 3 rings (SSSR count). The first-order chi connectivity index (χ1) is 11.5. The third kappa shape index (κ3) is 3.46. The lowest BCUT2D eigenvalue weighted by Crippen LogP contribution is -2.40. The molecule has 0 aliphatic carbocycles. The van der Waals surface area contributed by atoms with Gasteiger partial charge in [0.1, 0.15) is 0 Å². The molecule has 24 heavy (non-hydrogen) atoms. The van der Waals surface area contributed by atoms with Gasteiger partial charge in [-0.05, 0) is 29.5 Å².